The zero-order valence-corrected chi connectivity index (χ0v) is 16.5. The largest absolute Gasteiger partial charge is 0.493 e. The zero-order chi connectivity index (χ0) is 18.8. The Balaban J connectivity index is 1.69. The molecule has 0 spiro atoms. The summed E-state index contributed by atoms with van der Waals surface area (Å²) >= 11 is 7.46. The molecule has 0 bridgehead atoms. The van der Waals surface area contributed by atoms with Gasteiger partial charge in [-0.1, -0.05) is 37.6 Å². The van der Waals surface area contributed by atoms with Crippen LogP contribution in [0.1, 0.15) is 25.0 Å². The molecule has 0 aliphatic heterocycles. The molecule has 1 N–H and O–H groups in total. The van der Waals surface area contributed by atoms with Gasteiger partial charge in [-0.25, -0.2) is 5.43 Å². The molecule has 0 saturated carbocycles. The molecule has 0 aromatic heterocycles. The van der Waals surface area contributed by atoms with E-state index in [0.717, 1.165) is 22.6 Å². The van der Waals surface area contributed by atoms with Crippen molar-refractivity contribution in [1.29, 1.82) is 0 Å². The van der Waals surface area contributed by atoms with Crippen molar-refractivity contribution in [2.45, 2.75) is 19.6 Å². The molecule has 6 heteroatoms. The molecule has 1 amide bonds. The Morgan fingerprint density at radius 3 is 2.73 bits per heavy atom. The second-order valence-corrected chi connectivity index (χ2v) is 7.61. The Kier molecular flexibility index (Phi) is 8.51. The minimum absolute atomic E-state index is 0.134. The van der Waals surface area contributed by atoms with Gasteiger partial charge >= 0.3 is 0 Å². The highest BCUT2D eigenvalue weighted by Gasteiger charge is 2.01. The average molecular weight is 391 g/mol. The van der Waals surface area contributed by atoms with Crippen molar-refractivity contribution in [2.75, 3.05) is 12.4 Å². The number of hydrazone groups is 1. The lowest BCUT2D eigenvalue weighted by atomic mass is 10.2. The summed E-state index contributed by atoms with van der Waals surface area (Å²) in [5, 5.41) is 4.69. The molecule has 0 unspecified atom stereocenters. The third kappa shape index (κ3) is 7.93. The molecule has 138 valence electrons. The molecule has 0 saturated heterocycles. The van der Waals surface area contributed by atoms with Gasteiger partial charge in [-0.2, -0.15) is 5.10 Å². The first-order valence-corrected chi connectivity index (χ1v) is 9.93. The number of benzene rings is 2. The average Bonchev–Trinajstić information content (AvgIpc) is 2.61. The van der Waals surface area contributed by atoms with E-state index < -0.39 is 0 Å². The fourth-order valence-corrected chi connectivity index (χ4v) is 2.99. The summed E-state index contributed by atoms with van der Waals surface area (Å²) in [5.74, 6) is 2.26. The van der Waals surface area contributed by atoms with Crippen molar-refractivity contribution >= 4 is 35.5 Å². The Morgan fingerprint density at radius 2 is 2.04 bits per heavy atom. The van der Waals surface area contributed by atoms with Crippen molar-refractivity contribution in [3.05, 3.63) is 64.7 Å². The molecule has 2 rings (SSSR count). The quantitative estimate of drug-likeness (QED) is 0.496. The van der Waals surface area contributed by atoms with E-state index >= 15 is 0 Å². The summed E-state index contributed by atoms with van der Waals surface area (Å²) < 4.78 is 5.63. The van der Waals surface area contributed by atoms with E-state index in [9.17, 15) is 4.79 Å². The highest BCUT2D eigenvalue weighted by molar-refractivity contribution is 7.99. The van der Waals surface area contributed by atoms with Gasteiger partial charge in [0.15, 0.2) is 0 Å². The summed E-state index contributed by atoms with van der Waals surface area (Å²) in [7, 11) is 0. The van der Waals surface area contributed by atoms with Gasteiger partial charge in [0.1, 0.15) is 5.75 Å². The SMILES string of the molecule is CC(C)COc1ccc(/C=N\NC(=O)CSCc2cccc(Cl)c2)cc1. The maximum Gasteiger partial charge on any atom is 0.250 e. The Labute approximate surface area is 164 Å². The van der Waals surface area contributed by atoms with E-state index in [1.807, 2.05) is 48.5 Å². The van der Waals surface area contributed by atoms with E-state index in [1.54, 1.807) is 6.21 Å². The third-order valence-electron chi connectivity index (χ3n) is 3.26. The van der Waals surface area contributed by atoms with Crippen LogP contribution in [-0.2, 0) is 10.5 Å². The molecular formula is C20H23ClN2O2S. The summed E-state index contributed by atoms with van der Waals surface area (Å²) in [4.78, 5) is 11.8. The van der Waals surface area contributed by atoms with E-state index in [2.05, 4.69) is 24.4 Å². The van der Waals surface area contributed by atoms with Crippen molar-refractivity contribution in [2.24, 2.45) is 11.0 Å². The van der Waals surface area contributed by atoms with Gasteiger partial charge in [-0.15, -0.1) is 11.8 Å². The van der Waals surface area contributed by atoms with E-state index in [4.69, 9.17) is 16.3 Å². The topological polar surface area (TPSA) is 50.7 Å². The van der Waals surface area contributed by atoms with E-state index in [1.165, 1.54) is 11.8 Å². The van der Waals surface area contributed by atoms with Crippen LogP contribution in [0.5, 0.6) is 5.75 Å². The molecular weight excluding hydrogens is 368 g/mol. The molecule has 0 atom stereocenters. The van der Waals surface area contributed by atoms with Crippen molar-refractivity contribution in [1.82, 2.24) is 5.43 Å². The predicted molar refractivity (Wildman–Crippen MR) is 110 cm³/mol. The van der Waals surface area contributed by atoms with Crippen molar-refractivity contribution < 1.29 is 9.53 Å². The number of carbonyl (C=O) groups is 1. The van der Waals surface area contributed by atoms with Crippen LogP contribution < -0.4 is 10.2 Å². The number of amides is 1. The number of hydrogen-bond donors (Lipinski definition) is 1. The minimum Gasteiger partial charge on any atom is -0.493 e. The molecule has 2 aromatic carbocycles. The van der Waals surface area contributed by atoms with Crippen molar-refractivity contribution in [3.63, 3.8) is 0 Å². The first-order chi connectivity index (χ1) is 12.5. The first-order valence-electron chi connectivity index (χ1n) is 8.40. The predicted octanol–water partition coefficient (Wildman–Crippen LogP) is 4.76. The van der Waals surface area contributed by atoms with Crippen LogP contribution in [0.25, 0.3) is 0 Å². The van der Waals surface area contributed by atoms with Gasteiger partial charge in [-0.05, 0) is 53.4 Å². The van der Waals surface area contributed by atoms with Gasteiger partial charge in [0.05, 0.1) is 18.6 Å². The number of nitrogens with one attached hydrogen (secondary N) is 1. The van der Waals surface area contributed by atoms with Crippen molar-refractivity contribution in [3.8, 4) is 5.75 Å². The Hall–Kier alpha value is -1.98. The highest BCUT2D eigenvalue weighted by atomic mass is 35.5. The monoisotopic (exact) mass is 390 g/mol. The van der Waals surface area contributed by atoms with E-state index in [0.29, 0.717) is 23.3 Å². The number of rotatable bonds is 9. The van der Waals surface area contributed by atoms with Crippen LogP contribution in [0, 0.1) is 5.92 Å². The van der Waals surface area contributed by atoms with Crippen LogP contribution in [-0.4, -0.2) is 24.5 Å². The third-order valence-corrected chi connectivity index (χ3v) is 4.50. The van der Waals surface area contributed by atoms with Gasteiger partial charge in [-0.3, -0.25) is 4.79 Å². The summed E-state index contributed by atoms with van der Waals surface area (Å²) in [6.07, 6.45) is 1.62. The molecule has 2 aromatic rings. The molecule has 4 nitrogen and oxygen atoms in total. The van der Waals surface area contributed by atoms with E-state index in [-0.39, 0.29) is 5.91 Å². The maximum absolute atomic E-state index is 11.8. The lowest BCUT2D eigenvalue weighted by Crippen LogP contribution is -2.19. The maximum atomic E-state index is 11.8. The molecule has 0 aliphatic rings. The minimum atomic E-state index is -0.134. The number of ether oxygens (including phenoxy) is 1. The van der Waals surface area contributed by atoms with Crippen LogP contribution in [0.4, 0.5) is 0 Å². The summed E-state index contributed by atoms with van der Waals surface area (Å²) in [6.45, 7) is 4.91. The summed E-state index contributed by atoms with van der Waals surface area (Å²) in [6, 6.07) is 15.2. The number of hydrogen-bond acceptors (Lipinski definition) is 4. The molecule has 0 fully saturated rings. The molecule has 0 aliphatic carbocycles. The van der Waals surface area contributed by atoms with Gasteiger partial charge in [0.2, 0.25) is 5.91 Å². The zero-order valence-electron chi connectivity index (χ0n) is 14.9. The Morgan fingerprint density at radius 1 is 1.27 bits per heavy atom. The van der Waals surface area contributed by atoms with Gasteiger partial charge < -0.3 is 4.74 Å². The second-order valence-electron chi connectivity index (χ2n) is 6.19. The molecule has 0 heterocycles. The molecule has 26 heavy (non-hydrogen) atoms. The first kappa shape index (κ1) is 20.3. The number of nitrogens with zero attached hydrogens (tertiary/aromatic N) is 1. The van der Waals surface area contributed by atoms with Crippen LogP contribution >= 0.6 is 23.4 Å². The fourth-order valence-electron chi connectivity index (χ4n) is 2.01. The standard InChI is InChI=1S/C20H23ClN2O2S/c1-15(2)12-25-19-8-6-16(7-9-19)11-22-23-20(24)14-26-13-17-4-3-5-18(21)10-17/h3-11,15H,12-14H2,1-2H3,(H,23,24)/b22-11-. The lowest BCUT2D eigenvalue weighted by Gasteiger charge is -2.08. The number of halogens is 1. The van der Waals surface area contributed by atoms with Gasteiger partial charge in [0, 0.05) is 10.8 Å². The van der Waals surface area contributed by atoms with Crippen LogP contribution in [0.15, 0.2) is 53.6 Å². The summed E-state index contributed by atoms with van der Waals surface area (Å²) in [5.41, 5.74) is 4.53. The number of thioether (sulfide) groups is 1. The second kappa shape index (κ2) is 10.9. The molecule has 0 radical (unpaired) electrons. The highest BCUT2D eigenvalue weighted by Crippen LogP contribution is 2.16. The van der Waals surface area contributed by atoms with Crippen LogP contribution in [0.3, 0.4) is 0 Å². The Bertz CT molecular complexity index is 733. The fraction of sp³-hybridized carbons (Fsp3) is 0.300. The normalized spacial score (nSPS) is 11.1. The van der Waals surface area contributed by atoms with Crippen LogP contribution in [0.2, 0.25) is 5.02 Å². The van der Waals surface area contributed by atoms with Gasteiger partial charge in [0.25, 0.3) is 0 Å². The smallest absolute Gasteiger partial charge is 0.250 e. The number of carbonyl (C=O) groups excluding carboxylic acids is 1. The lowest BCUT2D eigenvalue weighted by molar-refractivity contribution is -0.118.